The number of nitrogens with two attached hydrogens (primary N) is 1. The van der Waals surface area contributed by atoms with Crippen molar-refractivity contribution in [1.82, 2.24) is 0 Å². The monoisotopic (exact) mass is 231 g/mol. The summed E-state index contributed by atoms with van der Waals surface area (Å²) in [6.45, 7) is 6.30. The molecule has 0 radical (unpaired) electrons. The van der Waals surface area contributed by atoms with Crippen LogP contribution in [0.3, 0.4) is 0 Å². The Morgan fingerprint density at radius 2 is 1.93 bits per heavy atom. The van der Waals surface area contributed by atoms with Crippen molar-refractivity contribution in [3.05, 3.63) is 12.7 Å². The average molecular weight is 231 g/mol. The van der Waals surface area contributed by atoms with Crippen molar-refractivity contribution < 1.29 is 17.8 Å². The summed E-state index contributed by atoms with van der Waals surface area (Å²) in [7, 11) is -3.91. The molecule has 0 aliphatic rings. The van der Waals surface area contributed by atoms with Gasteiger partial charge in [0.1, 0.15) is 0 Å². The van der Waals surface area contributed by atoms with Gasteiger partial charge in [-0.15, -0.1) is 0 Å². The van der Waals surface area contributed by atoms with E-state index in [1.54, 1.807) is 0 Å². The predicted octanol–water partition coefficient (Wildman–Crippen LogP) is -0.521. The molecule has 0 fully saturated rings. The summed E-state index contributed by atoms with van der Waals surface area (Å²) in [4.78, 5) is 9.76. The molecule has 0 aromatic carbocycles. The molecule has 0 saturated carbocycles. The minimum Gasteiger partial charge on any atom is -0.325 e. The van der Waals surface area contributed by atoms with Crippen molar-refractivity contribution in [2.45, 2.75) is 19.4 Å². The Balaban J connectivity index is 0. The van der Waals surface area contributed by atoms with E-state index in [2.05, 4.69) is 6.58 Å². The number of carbonyl (C=O) groups is 1. The first-order valence-electron chi connectivity index (χ1n) is 3.85. The zero-order chi connectivity index (χ0) is 12.0. The van der Waals surface area contributed by atoms with Gasteiger partial charge in [0, 0.05) is 5.54 Å². The quantitative estimate of drug-likeness (QED) is 0.387. The van der Waals surface area contributed by atoms with E-state index in [9.17, 15) is 13.2 Å². The van der Waals surface area contributed by atoms with Crippen molar-refractivity contribution >= 4 is 41.1 Å². The zero-order valence-electron chi connectivity index (χ0n) is 8.65. The van der Waals surface area contributed by atoms with E-state index in [4.69, 9.17) is 10.3 Å². The first-order chi connectivity index (χ1) is 5.98. The maximum atomic E-state index is 10.1. The van der Waals surface area contributed by atoms with Crippen LogP contribution in [-0.2, 0) is 14.9 Å². The largest absolute Gasteiger partial charge is 0.325 e. The van der Waals surface area contributed by atoms with Crippen molar-refractivity contribution in [2.24, 2.45) is 5.73 Å². The molecule has 0 amide bonds. The van der Waals surface area contributed by atoms with Gasteiger partial charge >= 0.3 is 48.4 Å². The third-order valence-electron chi connectivity index (χ3n) is 0.842. The van der Waals surface area contributed by atoms with Crippen molar-refractivity contribution in [3.63, 3.8) is 0 Å². The van der Waals surface area contributed by atoms with Gasteiger partial charge in [-0.1, -0.05) is 0 Å². The van der Waals surface area contributed by atoms with Gasteiger partial charge in [-0.2, -0.15) is 8.42 Å². The van der Waals surface area contributed by atoms with Crippen molar-refractivity contribution in [3.8, 4) is 0 Å². The Bertz CT molecular complexity index is 291. The number of rotatable bonds is 3. The molecule has 7 heteroatoms. The predicted molar refractivity (Wildman–Crippen MR) is 55.6 cm³/mol. The summed E-state index contributed by atoms with van der Waals surface area (Å²) in [6.07, 6.45) is 1.34. The fourth-order valence-corrected chi connectivity index (χ4v) is 1.41. The molecule has 3 N–H and O–H groups in total. The summed E-state index contributed by atoms with van der Waals surface area (Å²) >= 11 is 0.613. The van der Waals surface area contributed by atoms with Crippen LogP contribution < -0.4 is 5.73 Å². The summed E-state index contributed by atoms with van der Waals surface area (Å²) < 4.78 is 28.6. The molecule has 14 heavy (non-hydrogen) atoms. The van der Waals surface area contributed by atoms with E-state index in [1.165, 1.54) is 19.9 Å². The molecule has 0 rings (SSSR count). The van der Waals surface area contributed by atoms with Gasteiger partial charge in [0.15, 0.2) is 0 Å². The maximum Gasteiger partial charge on any atom is 0.266 e. The Kier molecular flexibility index (Phi) is 8.00. The third kappa shape index (κ3) is 22.8. The van der Waals surface area contributed by atoms with Crippen LogP contribution in [0.15, 0.2) is 12.7 Å². The van der Waals surface area contributed by atoms with Gasteiger partial charge in [-0.3, -0.25) is 4.55 Å². The molecule has 5 nitrogen and oxygen atoms in total. The van der Waals surface area contributed by atoms with E-state index in [-0.39, 0.29) is 3.03 Å². The van der Waals surface area contributed by atoms with Crippen LogP contribution in [0, 0.1) is 0 Å². The number of carbonyl (C=O) groups excluding carboxylic acids is 1. The zero-order valence-corrected chi connectivity index (χ0v) is 11.5. The van der Waals surface area contributed by atoms with Gasteiger partial charge < -0.3 is 5.73 Å². The SMILES string of the molecule is C=C[C](=O)[Na].CC(C)(N)CS(=O)(=O)O. The minimum absolute atomic E-state index is 0.157. The van der Waals surface area contributed by atoms with E-state index >= 15 is 0 Å². The molecule has 0 unspecified atom stereocenters. The first kappa shape index (κ1) is 16.7. The Hall–Kier alpha value is 0.280. The minimum atomic E-state index is -3.91. The molecule has 0 bridgehead atoms. The molecule has 0 atom stereocenters. The average Bonchev–Trinajstić information content (AvgIpc) is 1.80. The second-order valence-electron chi connectivity index (χ2n) is 3.53. The summed E-state index contributed by atoms with van der Waals surface area (Å²) in [6, 6.07) is 0. The molecule has 0 aliphatic carbocycles. The number of hydrogen-bond acceptors (Lipinski definition) is 4. The smallest absolute Gasteiger partial charge is 0.266 e. The van der Waals surface area contributed by atoms with Gasteiger partial charge in [0.25, 0.3) is 10.1 Å². The molecular weight excluding hydrogens is 217 g/mol. The molecule has 0 aromatic rings. The van der Waals surface area contributed by atoms with Crippen LogP contribution in [0.2, 0.25) is 0 Å². The third-order valence-corrected chi connectivity index (χ3v) is 2.36. The Morgan fingerprint density at radius 1 is 1.64 bits per heavy atom. The Labute approximate surface area is 102 Å². The topological polar surface area (TPSA) is 97.5 Å². The van der Waals surface area contributed by atoms with Gasteiger partial charge in [-0.25, -0.2) is 0 Å². The summed E-state index contributed by atoms with van der Waals surface area (Å²) in [5, 5.41) is 0. The number of hydrogen-bond donors (Lipinski definition) is 2. The second kappa shape index (κ2) is 6.71. The van der Waals surface area contributed by atoms with E-state index in [0.717, 1.165) is 0 Å². The maximum absolute atomic E-state index is 10.1. The molecule has 0 saturated heterocycles. The number of allylic oxidation sites excluding steroid dienone is 1. The van der Waals surface area contributed by atoms with E-state index < -0.39 is 21.4 Å². The van der Waals surface area contributed by atoms with Crippen LogP contribution in [-0.4, -0.2) is 55.2 Å². The molecule has 0 aromatic heterocycles. The normalized spacial score (nSPS) is 11.3. The van der Waals surface area contributed by atoms with Gasteiger partial charge in [-0.05, 0) is 13.8 Å². The molecular formula is C7H14NNaO4S. The molecule has 0 heterocycles. The van der Waals surface area contributed by atoms with Crippen LogP contribution in [0.25, 0.3) is 0 Å². The fraction of sp³-hybridized carbons (Fsp3) is 0.571. The summed E-state index contributed by atoms with van der Waals surface area (Å²) in [5.74, 6) is -0.403. The van der Waals surface area contributed by atoms with Gasteiger partial charge in [0.2, 0.25) is 0 Å². The Morgan fingerprint density at radius 3 is 1.93 bits per heavy atom. The second-order valence-corrected chi connectivity index (χ2v) is 5.97. The molecule has 0 spiro atoms. The summed E-state index contributed by atoms with van der Waals surface area (Å²) in [5.41, 5.74) is 4.43. The van der Waals surface area contributed by atoms with Crippen LogP contribution in [0.1, 0.15) is 13.8 Å². The molecule has 0 aliphatic heterocycles. The van der Waals surface area contributed by atoms with E-state index in [0.29, 0.717) is 27.9 Å². The van der Waals surface area contributed by atoms with Crippen LogP contribution >= 0.6 is 0 Å². The fourth-order valence-electron chi connectivity index (χ4n) is 0.470. The van der Waals surface area contributed by atoms with Crippen molar-refractivity contribution in [1.29, 1.82) is 0 Å². The van der Waals surface area contributed by atoms with Crippen LogP contribution in [0.5, 0.6) is 0 Å². The van der Waals surface area contributed by atoms with E-state index in [1.807, 2.05) is 0 Å². The standard InChI is InChI=1S/C4H11NO3S.C3H3O.Na/c1-4(2,5)3-9(6,7)8;1-2-3-4;/h3,5H2,1-2H3,(H,6,7,8);2H,1H2;. The van der Waals surface area contributed by atoms with Crippen LogP contribution in [0.4, 0.5) is 0 Å². The molecule has 78 valence electrons. The van der Waals surface area contributed by atoms with Gasteiger partial charge in [0.05, 0.1) is 5.75 Å². The van der Waals surface area contributed by atoms with Crippen molar-refractivity contribution in [2.75, 3.05) is 5.75 Å². The first-order valence-corrected chi connectivity index (χ1v) is 6.46.